The lowest BCUT2D eigenvalue weighted by Gasteiger charge is -2.26. The van der Waals surface area contributed by atoms with Crippen molar-refractivity contribution in [1.82, 2.24) is 4.90 Å². The third-order valence-electron chi connectivity index (χ3n) is 3.03. The number of ether oxygens (including phenoxy) is 1. The number of methoxy groups -OCH3 is 1. The van der Waals surface area contributed by atoms with Gasteiger partial charge in [0.05, 0.1) is 29.5 Å². The van der Waals surface area contributed by atoms with Gasteiger partial charge in [-0.05, 0) is 26.1 Å². The van der Waals surface area contributed by atoms with Crippen LogP contribution in [-0.2, 0) is 9.53 Å². The van der Waals surface area contributed by atoms with Crippen LogP contribution in [0, 0.1) is 0 Å². The number of likely N-dealkylation sites (N-methyl/N-ethyl adjacent to an activating group) is 1. The lowest BCUT2D eigenvalue weighted by Crippen LogP contribution is -2.44. The molecule has 6 heteroatoms. The summed E-state index contributed by atoms with van der Waals surface area (Å²) >= 11 is 5.99. The third-order valence-corrected chi connectivity index (χ3v) is 3.36. The van der Waals surface area contributed by atoms with Crippen LogP contribution in [0.2, 0.25) is 5.02 Å². The van der Waals surface area contributed by atoms with Gasteiger partial charge in [-0.1, -0.05) is 23.7 Å². The van der Waals surface area contributed by atoms with Gasteiger partial charge in [0.25, 0.3) is 0 Å². The molecule has 1 aromatic carbocycles. The first-order valence-electron chi connectivity index (χ1n) is 6.38. The first-order chi connectivity index (χ1) is 9.45. The molecule has 0 aliphatic rings. The number of hydrogen-bond acceptors (Lipinski definition) is 4. The zero-order chi connectivity index (χ0) is 15.1. The highest BCUT2D eigenvalue weighted by Crippen LogP contribution is 2.20. The fraction of sp³-hybridized carbons (Fsp3) is 0.500. The van der Waals surface area contributed by atoms with Crippen molar-refractivity contribution < 1.29 is 14.6 Å². The molecule has 0 aliphatic carbocycles. The van der Waals surface area contributed by atoms with Crippen molar-refractivity contribution in [2.75, 3.05) is 32.6 Å². The summed E-state index contributed by atoms with van der Waals surface area (Å²) in [4.78, 5) is 13.9. The van der Waals surface area contributed by atoms with E-state index in [1.165, 1.54) is 7.11 Å². The van der Waals surface area contributed by atoms with Crippen LogP contribution in [-0.4, -0.2) is 55.4 Å². The van der Waals surface area contributed by atoms with Gasteiger partial charge in [-0.15, -0.1) is 0 Å². The second kappa shape index (κ2) is 8.21. The normalized spacial score (nSPS) is 14.1. The summed E-state index contributed by atoms with van der Waals surface area (Å²) in [5.74, 6) is -0.176. The van der Waals surface area contributed by atoms with Crippen LogP contribution in [0.1, 0.15) is 6.92 Å². The number of benzene rings is 1. The number of aliphatic hydroxyl groups is 1. The van der Waals surface area contributed by atoms with E-state index in [9.17, 15) is 9.90 Å². The smallest absolute Gasteiger partial charge is 0.241 e. The molecule has 0 fully saturated rings. The Labute approximate surface area is 124 Å². The van der Waals surface area contributed by atoms with Gasteiger partial charge >= 0.3 is 0 Å². The number of carbonyl (C=O) groups is 1. The molecule has 1 amide bonds. The number of halogens is 1. The summed E-state index contributed by atoms with van der Waals surface area (Å²) in [6.45, 7) is 2.36. The maximum Gasteiger partial charge on any atom is 0.241 e. The maximum atomic E-state index is 12.1. The Balaban J connectivity index is 2.56. The Morgan fingerprint density at radius 2 is 2.15 bits per heavy atom. The predicted molar refractivity (Wildman–Crippen MR) is 80.1 cm³/mol. The molecule has 0 bridgehead atoms. The van der Waals surface area contributed by atoms with Gasteiger partial charge in [0, 0.05) is 13.7 Å². The molecule has 1 rings (SSSR count). The number of carbonyl (C=O) groups excluding carboxylic acids is 1. The minimum absolute atomic E-state index is 0.176. The fourth-order valence-electron chi connectivity index (χ4n) is 1.74. The van der Waals surface area contributed by atoms with Crippen molar-refractivity contribution in [3.05, 3.63) is 29.3 Å². The van der Waals surface area contributed by atoms with E-state index in [1.807, 2.05) is 0 Å². The number of nitrogens with one attached hydrogen (secondary N) is 1. The van der Waals surface area contributed by atoms with Gasteiger partial charge in [-0.25, -0.2) is 0 Å². The molecule has 1 aromatic rings. The number of aliphatic hydroxyl groups excluding tert-OH is 1. The largest absolute Gasteiger partial charge is 0.389 e. The molecule has 112 valence electrons. The van der Waals surface area contributed by atoms with Crippen molar-refractivity contribution in [3.8, 4) is 0 Å². The number of amides is 1. The maximum absolute atomic E-state index is 12.1. The standard InChI is InChI=1S/C14H21ClN2O3/c1-10(17(2)8-11(18)9-20-3)14(19)16-13-7-5-4-6-12(13)15/h4-7,10-11,18H,8-9H2,1-3H3,(H,16,19)/t10-,11-/m1/s1. The van der Waals surface area contributed by atoms with Crippen LogP contribution >= 0.6 is 11.6 Å². The summed E-state index contributed by atoms with van der Waals surface area (Å²) in [5, 5.41) is 12.9. The molecule has 0 aromatic heterocycles. The molecule has 5 nitrogen and oxygen atoms in total. The molecular weight excluding hydrogens is 280 g/mol. The van der Waals surface area contributed by atoms with Crippen LogP contribution in [0.4, 0.5) is 5.69 Å². The summed E-state index contributed by atoms with van der Waals surface area (Å²) in [6.07, 6.45) is -0.624. The highest BCUT2D eigenvalue weighted by atomic mass is 35.5. The molecule has 0 heterocycles. The zero-order valence-electron chi connectivity index (χ0n) is 12.0. The Kier molecular flexibility index (Phi) is 6.95. The van der Waals surface area contributed by atoms with E-state index in [0.717, 1.165) is 0 Å². The van der Waals surface area contributed by atoms with E-state index >= 15 is 0 Å². The monoisotopic (exact) mass is 300 g/mol. The van der Waals surface area contributed by atoms with Crippen molar-refractivity contribution in [2.45, 2.75) is 19.1 Å². The molecule has 0 unspecified atom stereocenters. The molecule has 2 atom stereocenters. The molecule has 0 aliphatic heterocycles. The lowest BCUT2D eigenvalue weighted by atomic mass is 10.2. The van der Waals surface area contributed by atoms with Gasteiger partial charge in [-0.3, -0.25) is 9.69 Å². The summed E-state index contributed by atoms with van der Waals surface area (Å²) < 4.78 is 4.86. The molecular formula is C14H21ClN2O3. The Hall–Kier alpha value is -1.14. The lowest BCUT2D eigenvalue weighted by molar-refractivity contribution is -0.120. The quantitative estimate of drug-likeness (QED) is 0.803. The molecule has 2 N–H and O–H groups in total. The van der Waals surface area contributed by atoms with E-state index in [0.29, 0.717) is 17.3 Å². The van der Waals surface area contributed by atoms with E-state index in [-0.39, 0.29) is 12.5 Å². The van der Waals surface area contributed by atoms with Gasteiger partial charge in [0.1, 0.15) is 0 Å². The highest BCUT2D eigenvalue weighted by Gasteiger charge is 2.20. The molecule has 0 radical (unpaired) electrons. The van der Waals surface area contributed by atoms with Crippen LogP contribution in [0.25, 0.3) is 0 Å². The second-order valence-corrected chi connectivity index (χ2v) is 5.10. The molecule has 0 saturated carbocycles. The Morgan fingerprint density at radius 3 is 2.75 bits per heavy atom. The minimum Gasteiger partial charge on any atom is -0.389 e. The van der Waals surface area contributed by atoms with Crippen LogP contribution in [0.15, 0.2) is 24.3 Å². The molecule has 0 spiro atoms. The zero-order valence-corrected chi connectivity index (χ0v) is 12.7. The van der Waals surface area contributed by atoms with E-state index < -0.39 is 12.1 Å². The predicted octanol–water partition coefficient (Wildman–Crippen LogP) is 1.61. The van der Waals surface area contributed by atoms with Crippen LogP contribution < -0.4 is 5.32 Å². The average Bonchev–Trinajstić information content (AvgIpc) is 2.40. The third kappa shape index (κ3) is 5.09. The number of rotatable bonds is 7. The van der Waals surface area contributed by atoms with E-state index in [4.69, 9.17) is 16.3 Å². The van der Waals surface area contributed by atoms with Crippen LogP contribution in [0.5, 0.6) is 0 Å². The first-order valence-corrected chi connectivity index (χ1v) is 6.76. The van der Waals surface area contributed by atoms with Gasteiger partial charge in [-0.2, -0.15) is 0 Å². The van der Waals surface area contributed by atoms with E-state index in [1.54, 1.807) is 43.1 Å². The topological polar surface area (TPSA) is 61.8 Å². The van der Waals surface area contributed by atoms with Crippen molar-refractivity contribution in [2.24, 2.45) is 0 Å². The summed E-state index contributed by atoms with van der Waals surface area (Å²) in [7, 11) is 3.30. The average molecular weight is 301 g/mol. The van der Waals surface area contributed by atoms with Gasteiger partial charge in [0.2, 0.25) is 5.91 Å². The first kappa shape index (κ1) is 16.9. The Bertz CT molecular complexity index is 442. The van der Waals surface area contributed by atoms with Crippen molar-refractivity contribution >= 4 is 23.2 Å². The minimum atomic E-state index is -0.624. The second-order valence-electron chi connectivity index (χ2n) is 4.69. The SMILES string of the molecule is COC[C@H](O)CN(C)[C@H](C)C(=O)Nc1ccccc1Cl. The summed E-state index contributed by atoms with van der Waals surface area (Å²) in [5.41, 5.74) is 0.580. The van der Waals surface area contributed by atoms with Gasteiger partial charge in [0.15, 0.2) is 0 Å². The molecule has 0 saturated heterocycles. The fourth-order valence-corrected chi connectivity index (χ4v) is 1.92. The van der Waals surface area contributed by atoms with Gasteiger partial charge < -0.3 is 15.2 Å². The number of para-hydroxylation sites is 1. The van der Waals surface area contributed by atoms with Crippen LogP contribution in [0.3, 0.4) is 0 Å². The highest BCUT2D eigenvalue weighted by molar-refractivity contribution is 6.33. The Morgan fingerprint density at radius 1 is 1.50 bits per heavy atom. The van der Waals surface area contributed by atoms with Crippen molar-refractivity contribution in [1.29, 1.82) is 0 Å². The number of nitrogens with zero attached hydrogens (tertiary/aromatic N) is 1. The number of hydrogen-bond donors (Lipinski definition) is 2. The summed E-state index contributed by atoms with van der Waals surface area (Å²) in [6, 6.07) is 6.67. The van der Waals surface area contributed by atoms with Crippen molar-refractivity contribution in [3.63, 3.8) is 0 Å². The van der Waals surface area contributed by atoms with E-state index in [2.05, 4.69) is 5.32 Å². The molecule has 20 heavy (non-hydrogen) atoms. The number of anilines is 1.